The number of fused-ring (bicyclic) bond motifs is 1. The summed E-state index contributed by atoms with van der Waals surface area (Å²) in [5.41, 5.74) is 1.96. The topological polar surface area (TPSA) is 57.6 Å². The molecule has 1 N–H and O–H groups in total. The number of carboxylic acid groups (broad SMARTS) is 1. The van der Waals surface area contributed by atoms with Gasteiger partial charge in [0, 0.05) is 27.9 Å². The number of hydrogen-bond acceptors (Lipinski definition) is 3. The summed E-state index contributed by atoms with van der Waals surface area (Å²) in [7, 11) is 0. The molecule has 0 bridgehead atoms. The van der Waals surface area contributed by atoms with E-state index in [-0.39, 0.29) is 12.5 Å². The Hall–Kier alpha value is -2.27. The van der Waals surface area contributed by atoms with E-state index in [0.29, 0.717) is 22.1 Å². The van der Waals surface area contributed by atoms with Crippen LogP contribution in [-0.2, 0) is 4.79 Å². The number of carbonyl (C=O) groups excluding carboxylic acids is 1. The molecule has 2 aromatic carbocycles. The van der Waals surface area contributed by atoms with Gasteiger partial charge in [-0.25, -0.2) is 0 Å². The van der Waals surface area contributed by atoms with Crippen LogP contribution in [0.4, 0.5) is 5.69 Å². The lowest BCUT2D eigenvalue weighted by Crippen LogP contribution is -2.31. The molecule has 1 aliphatic heterocycles. The molecule has 1 aliphatic rings. The van der Waals surface area contributed by atoms with Crippen molar-refractivity contribution in [3.8, 4) is 0 Å². The first-order chi connectivity index (χ1) is 11.5. The zero-order valence-corrected chi connectivity index (χ0v) is 14.4. The molecule has 0 spiro atoms. The molecule has 0 radical (unpaired) electrons. The van der Waals surface area contributed by atoms with Gasteiger partial charge in [-0.05, 0) is 35.9 Å². The van der Waals surface area contributed by atoms with Gasteiger partial charge in [-0.15, -0.1) is 11.8 Å². The van der Waals surface area contributed by atoms with Gasteiger partial charge in [0.15, 0.2) is 0 Å². The molecule has 1 atom stereocenters. The van der Waals surface area contributed by atoms with Gasteiger partial charge in [0.05, 0.1) is 0 Å². The van der Waals surface area contributed by atoms with E-state index in [2.05, 4.69) is 13.8 Å². The molecule has 2 aromatic rings. The number of anilines is 1. The highest BCUT2D eigenvalue weighted by Crippen LogP contribution is 2.37. The Morgan fingerprint density at radius 1 is 1.12 bits per heavy atom. The number of rotatable bonds is 4. The molecule has 1 heterocycles. The molecule has 0 fully saturated rings. The van der Waals surface area contributed by atoms with Crippen molar-refractivity contribution in [2.45, 2.75) is 29.9 Å². The van der Waals surface area contributed by atoms with Gasteiger partial charge in [0.1, 0.15) is 5.92 Å². The first-order valence-electron chi connectivity index (χ1n) is 7.87. The molecule has 5 heteroatoms. The lowest BCUT2D eigenvalue weighted by Gasteiger charge is -2.18. The Labute approximate surface area is 145 Å². The standard InChI is InChI=1S/C19H19NO3S/c1-12(2)24-14-9-7-13(8-10-14)18(21)20-11-16(19(22)23)15-5-3-4-6-17(15)20/h3-10,12,16H,11H2,1-2H3,(H,22,23). The molecule has 3 rings (SSSR count). The minimum atomic E-state index is -0.901. The van der Waals surface area contributed by atoms with Crippen LogP contribution in [0.1, 0.15) is 35.7 Å². The molecule has 0 saturated heterocycles. The molecule has 0 aromatic heterocycles. The second-order valence-electron chi connectivity index (χ2n) is 6.06. The van der Waals surface area contributed by atoms with Crippen molar-refractivity contribution in [3.05, 3.63) is 59.7 Å². The fourth-order valence-corrected chi connectivity index (χ4v) is 3.75. The number of benzene rings is 2. The van der Waals surface area contributed by atoms with Gasteiger partial charge in [-0.1, -0.05) is 32.0 Å². The van der Waals surface area contributed by atoms with E-state index in [0.717, 1.165) is 4.90 Å². The maximum atomic E-state index is 12.8. The van der Waals surface area contributed by atoms with Crippen LogP contribution in [0, 0.1) is 0 Å². The summed E-state index contributed by atoms with van der Waals surface area (Å²) in [5, 5.41) is 9.89. The minimum absolute atomic E-state index is 0.160. The third-order valence-corrected chi connectivity index (χ3v) is 5.00. The minimum Gasteiger partial charge on any atom is -0.481 e. The van der Waals surface area contributed by atoms with Crippen LogP contribution in [0.5, 0.6) is 0 Å². The van der Waals surface area contributed by atoms with Gasteiger partial charge < -0.3 is 10.0 Å². The van der Waals surface area contributed by atoms with Crippen molar-refractivity contribution in [1.29, 1.82) is 0 Å². The van der Waals surface area contributed by atoms with Gasteiger partial charge in [-0.3, -0.25) is 9.59 Å². The summed E-state index contributed by atoms with van der Waals surface area (Å²) < 4.78 is 0. The maximum absolute atomic E-state index is 12.8. The second kappa shape index (κ2) is 6.69. The molecular weight excluding hydrogens is 322 g/mol. The van der Waals surface area contributed by atoms with E-state index < -0.39 is 11.9 Å². The Morgan fingerprint density at radius 3 is 2.42 bits per heavy atom. The van der Waals surface area contributed by atoms with Crippen molar-refractivity contribution in [2.75, 3.05) is 11.4 Å². The van der Waals surface area contributed by atoms with E-state index >= 15 is 0 Å². The average molecular weight is 341 g/mol. The molecule has 1 unspecified atom stereocenters. The molecule has 1 amide bonds. The van der Waals surface area contributed by atoms with Crippen LogP contribution in [0.25, 0.3) is 0 Å². The van der Waals surface area contributed by atoms with Gasteiger partial charge in [0.2, 0.25) is 0 Å². The van der Waals surface area contributed by atoms with Crippen LogP contribution in [0.2, 0.25) is 0 Å². The number of nitrogens with zero attached hydrogens (tertiary/aromatic N) is 1. The number of carboxylic acids is 1. The van der Waals surface area contributed by atoms with Crippen molar-refractivity contribution in [3.63, 3.8) is 0 Å². The average Bonchev–Trinajstić information content (AvgIpc) is 2.94. The fraction of sp³-hybridized carbons (Fsp3) is 0.263. The van der Waals surface area contributed by atoms with Crippen molar-refractivity contribution in [2.24, 2.45) is 0 Å². The molecule has 124 valence electrons. The van der Waals surface area contributed by atoms with Gasteiger partial charge >= 0.3 is 5.97 Å². The molecule has 4 nitrogen and oxygen atoms in total. The molecule has 24 heavy (non-hydrogen) atoms. The lowest BCUT2D eigenvalue weighted by atomic mass is 10.0. The highest BCUT2D eigenvalue weighted by atomic mass is 32.2. The summed E-state index contributed by atoms with van der Waals surface area (Å²) in [5.74, 6) is -1.73. The monoisotopic (exact) mass is 341 g/mol. The van der Waals surface area contributed by atoms with Gasteiger partial charge in [-0.2, -0.15) is 0 Å². The number of aliphatic carboxylic acids is 1. The van der Waals surface area contributed by atoms with E-state index in [9.17, 15) is 14.7 Å². The van der Waals surface area contributed by atoms with Gasteiger partial charge in [0.25, 0.3) is 5.91 Å². The van der Waals surface area contributed by atoms with Crippen molar-refractivity contribution < 1.29 is 14.7 Å². The summed E-state index contributed by atoms with van der Waals surface area (Å²) in [4.78, 5) is 27.0. The highest BCUT2D eigenvalue weighted by molar-refractivity contribution is 7.99. The zero-order valence-electron chi connectivity index (χ0n) is 13.6. The van der Waals surface area contributed by atoms with E-state index in [1.165, 1.54) is 0 Å². The van der Waals surface area contributed by atoms with Crippen LogP contribution in [0.15, 0.2) is 53.4 Å². The molecule has 0 aliphatic carbocycles. The van der Waals surface area contributed by atoms with E-state index in [1.54, 1.807) is 34.9 Å². The van der Waals surface area contributed by atoms with Crippen molar-refractivity contribution >= 4 is 29.3 Å². The van der Waals surface area contributed by atoms with Crippen LogP contribution >= 0.6 is 11.8 Å². The molecular formula is C19H19NO3S. The maximum Gasteiger partial charge on any atom is 0.312 e. The van der Waals surface area contributed by atoms with E-state index in [4.69, 9.17) is 0 Å². The van der Waals surface area contributed by atoms with Crippen molar-refractivity contribution in [1.82, 2.24) is 0 Å². The quantitative estimate of drug-likeness (QED) is 0.854. The predicted octanol–water partition coefficient (Wildman–Crippen LogP) is 4.02. The summed E-state index contributed by atoms with van der Waals surface area (Å²) in [6.07, 6.45) is 0. The largest absolute Gasteiger partial charge is 0.481 e. The Balaban J connectivity index is 1.87. The number of hydrogen-bond donors (Lipinski definition) is 1. The fourth-order valence-electron chi connectivity index (χ4n) is 2.91. The summed E-state index contributed by atoms with van der Waals surface area (Å²) >= 11 is 1.74. The summed E-state index contributed by atoms with van der Waals surface area (Å²) in [6.45, 7) is 4.42. The van der Waals surface area contributed by atoms with Crippen LogP contribution in [0.3, 0.4) is 0 Å². The number of amides is 1. The number of para-hydroxylation sites is 1. The smallest absolute Gasteiger partial charge is 0.312 e. The molecule has 0 saturated carbocycles. The third-order valence-electron chi connectivity index (χ3n) is 3.98. The third kappa shape index (κ3) is 3.17. The second-order valence-corrected chi connectivity index (χ2v) is 7.71. The Kier molecular flexibility index (Phi) is 4.62. The predicted molar refractivity (Wildman–Crippen MR) is 95.9 cm³/mol. The highest BCUT2D eigenvalue weighted by Gasteiger charge is 2.36. The first-order valence-corrected chi connectivity index (χ1v) is 8.75. The number of carbonyl (C=O) groups is 2. The number of thioether (sulfide) groups is 1. The Bertz CT molecular complexity index is 770. The van der Waals surface area contributed by atoms with E-state index in [1.807, 2.05) is 30.3 Å². The normalized spacial score (nSPS) is 16.3. The SMILES string of the molecule is CC(C)Sc1ccc(C(=O)N2CC(C(=O)O)c3ccccc32)cc1. The van der Waals surface area contributed by atoms with Crippen LogP contribution in [-0.4, -0.2) is 28.8 Å². The Morgan fingerprint density at radius 2 is 1.79 bits per heavy atom. The van der Waals surface area contributed by atoms with Crippen LogP contribution < -0.4 is 4.90 Å². The lowest BCUT2D eigenvalue weighted by molar-refractivity contribution is -0.138. The summed E-state index contributed by atoms with van der Waals surface area (Å²) in [6, 6.07) is 14.7. The zero-order chi connectivity index (χ0) is 17.3. The first kappa shape index (κ1) is 16.6.